The lowest BCUT2D eigenvalue weighted by molar-refractivity contribution is -0.384. The van der Waals surface area contributed by atoms with Gasteiger partial charge in [0.1, 0.15) is 23.4 Å². The second kappa shape index (κ2) is 7.47. The van der Waals surface area contributed by atoms with E-state index in [2.05, 4.69) is 39.3 Å². The molecule has 0 unspecified atom stereocenters. The van der Waals surface area contributed by atoms with Crippen LogP contribution in [0.25, 0.3) is 11.5 Å². The van der Waals surface area contributed by atoms with E-state index in [0.717, 1.165) is 11.3 Å². The third-order valence-corrected chi connectivity index (χ3v) is 4.54. The van der Waals surface area contributed by atoms with Crippen molar-refractivity contribution in [1.29, 1.82) is 0 Å². The molecule has 0 atom stereocenters. The lowest BCUT2D eigenvalue weighted by atomic mass is 10.1. The Kier molecular flexibility index (Phi) is 4.85. The Hall–Kier alpha value is -3.53. The van der Waals surface area contributed by atoms with Crippen LogP contribution in [0.2, 0.25) is 5.15 Å². The number of hydrogen-bond acceptors (Lipinski definition) is 7. The Morgan fingerprint density at radius 2 is 2.07 bits per heavy atom. The van der Waals surface area contributed by atoms with Crippen molar-refractivity contribution in [3.8, 4) is 5.82 Å². The third kappa shape index (κ3) is 3.74. The van der Waals surface area contributed by atoms with E-state index < -0.39 is 4.92 Å². The van der Waals surface area contributed by atoms with Gasteiger partial charge >= 0.3 is 5.69 Å². The van der Waals surface area contributed by atoms with Gasteiger partial charge < -0.3 is 5.32 Å². The number of fused-ring (bicyclic) bond motifs is 1. The number of rotatable bonds is 6. The van der Waals surface area contributed by atoms with Crippen LogP contribution in [0.15, 0.2) is 42.9 Å². The molecule has 1 N–H and O–H groups in total. The number of anilines is 1. The molecule has 0 saturated heterocycles. The predicted octanol–water partition coefficient (Wildman–Crippen LogP) is 3.61. The van der Waals surface area contributed by atoms with Gasteiger partial charge in [-0.3, -0.25) is 10.1 Å². The zero-order valence-electron chi connectivity index (χ0n) is 15.7. The van der Waals surface area contributed by atoms with Crippen LogP contribution >= 0.6 is 11.6 Å². The molecule has 10 nitrogen and oxygen atoms in total. The summed E-state index contributed by atoms with van der Waals surface area (Å²) in [6.45, 7) is 4.53. The standard InChI is InChI=1S/C18H17ClN8O2/c1-11(2)14-9-22-26-17(6-15(19)24-18(14)26)20-7-12-4-3-5-16(23-12)25-10-13(8-21-25)27(28)29/h3-6,8-11,20H,7H2,1-2H3. The fraction of sp³-hybridized carbons (Fsp3) is 0.222. The molecule has 4 rings (SSSR count). The van der Waals surface area contributed by atoms with E-state index in [9.17, 15) is 10.1 Å². The van der Waals surface area contributed by atoms with Crippen LogP contribution in [0, 0.1) is 10.1 Å². The molecule has 0 bridgehead atoms. The van der Waals surface area contributed by atoms with Crippen LogP contribution in [0.3, 0.4) is 0 Å². The highest BCUT2D eigenvalue weighted by Gasteiger charge is 2.14. The van der Waals surface area contributed by atoms with Gasteiger partial charge in [-0.15, -0.1) is 0 Å². The SMILES string of the molecule is CC(C)c1cnn2c(NCc3cccc(-n4cc([N+](=O)[O-])cn4)n3)cc(Cl)nc12. The highest BCUT2D eigenvalue weighted by atomic mass is 35.5. The number of hydrogen-bond donors (Lipinski definition) is 1. The summed E-state index contributed by atoms with van der Waals surface area (Å²) < 4.78 is 3.08. The zero-order chi connectivity index (χ0) is 20.5. The Balaban J connectivity index is 1.59. The van der Waals surface area contributed by atoms with E-state index >= 15 is 0 Å². The van der Waals surface area contributed by atoms with Gasteiger partial charge in [-0.05, 0) is 18.1 Å². The highest BCUT2D eigenvalue weighted by Crippen LogP contribution is 2.24. The molecule has 0 aromatic carbocycles. The van der Waals surface area contributed by atoms with Crippen LogP contribution < -0.4 is 5.32 Å². The van der Waals surface area contributed by atoms with Gasteiger partial charge in [0.05, 0.1) is 23.4 Å². The van der Waals surface area contributed by atoms with Gasteiger partial charge in [-0.2, -0.15) is 14.7 Å². The molecule has 11 heteroatoms. The molecule has 4 aromatic rings. The van der Waals surface area contributed by atoms with E-state index in [1.807, 2.05) is 12.1 Å². The van der Waals surface area contributed by atoms with Crippen molar-refractivity contribution in [2.24, 2.45) is 0 Å². The van der Waals surface area contributed by atoms with Gasteiger partial charge in [0.2, 0.25) is 0 Å². The van der Waals surface area contributed by atoms with Crippen molar-refractivity contribution < 1.29 is 4.92 Å². The van der Waals surface area contributed by atoms with Gasteiger partial charge in [0, 0.05) is 11.6 Å². The maximum atomic E-state index is 10.8. The number of nitro groups is 1. The van der Waals surface area contributed by atoms with Gasteiger partial charge in [-0.1, -0.05) is 31.5 Å². The lowest BCUT2D eigenvalue weighted by Crippen LogP contribution is -2.09. The summed E-state index contributed by atoms with van der Waals surface area (Å²) in [7, 11) is 0. The Labute approximate surface area is 170 Å². The molecular weight excluding hydrogens is 396 g/mol. The van der Waals surface area contributed by atoms with Crippen LogP contribution in [-0.4, -0.2) is 34.3 Å². The van der Waals surface area contributed by atoms with Gasteiger partial charge in [0.25, 0.3) is 0 Å². The van der Waals surface area contributed by atoms with Crippen molar-refractivity contribution in [3.05, 3.63) is 69.4 Å². The smallest absolute Gasteiger partial charge is 0.307 e. The molecule has 0 fully saturated rings. The minimum atomic E-state index is -0.497. The quantitative estimate of drug-likeness (QED) is 0.292. The van der Waals surface area contributed by atoms with Gasteiger partial charge in [-0.25, -0.2) is 14.6 Å². The van der Waals surface area contributed by atoms with E-state index in [4.69, 9.17) is 11.6 Å². The fourth-order valence-corrected chi connectivity index (χ4v) is 3.07. The topological polar surface area (TPSA) is 116 Å². The van der Waals surface area contributed by atoms with E-state index in [0.29, 0.717) is 29.0 Å². The molecule has 0 radical (unpaired) electrons. The molecule has 0 saturated carbocycles. The molecule has 29 heavy (non-hydrogen) atoms. The molecule has 148 valence electrons. The van der Waals surface area contributed by atoms with Crippen molar-refractivity contribution in [2.75, 3.05) is 5.32 Å². The molecule has 0 spiro atoms. The second-order valence-electron chi connectivity index (χ2n) is 6.70. The van der Waals surface area contributed by atoms with E-state index in [1.165, 1.54) is 17.1 Å². The first-order chi connectivity index (χ1) is 13.9. The van der Waals surface area contributed by atoms with Gasteiger partial charge in [0.15, 0.2) is 11.5 Å². The molecule has 0 aliphatic heterocycles. The summed E-state index contributed by atoms with van der Waals surface area (Å²) in [6, 6.07) is 7.08. The van der Waals surface area contributed by atoms with Crippen LogP contribution in [0.4, 0.5) is 11.5 Å². The van der Waals surface area contributed by atoms with Crippen LogP contribution in [0.5, 0.6) is 0 Å². The molecule has 0 aliphatic rings. The number of nitrogens with zero attached hydrogens (tertiary/aromatic N) is 7. The molecule has 0 amide bonds. The molecule has 0 aliphatic carbocycles. The van der Waals surface area contributed by atoms with Crippen molar-refractivity contribution in [3.63, 3.8) is 0 Å². The van der Waals surface area contributed by atoms with Crippen molar-refractivity contribution in [2.45, 2.75) is 26.3 Å². The lowest BCUT2D eigenvalue weighted by Gasteiger charge is -2.10. The Bertz CT molecular complexity index is 1200. The Morgan fingerprint density at radius 1 is 1.24 bits per heavy atom. The minimum absolute atomic E-state index is 0.0937. The number of pyridine rings is 1. The fourth-order valence-electron chi connectivity index (χ4n) is 2.89. The first-order valence-electron chi connectivity index (χ1n) is 8.86. The summed E-state index contributed by atoms with van der Waals surface area (Å²) in [6.07, 6.45) is 4.30. The first kappa shape index (κ1) is 18.8. The number of nitrogens with one attached hydrogen (secondary N) is 1. The minimum Gasteiger partial charge on any atom is -0.364 e. The molecule has 4 aromatic heterocycles. The number of aromatic nitrogens is 6. The second-order valence-corrected chi connectivity index (χ2v) is 7.08. The zero-order valence-corrected chi connectivity index (χ0v) is 16.4. The summed E-state index contributed by atoms with van der Waals surface area (Å²) in [4.78, 5) is 19.2. The third-order valence-electron chi connectivity index (χ3n) is 4.35. The average molecular weight is 413 g/mol. The normalized spacial score (nSPS) is 11.3. The summed E-state index contributed by atoms with van der Waals surface area (Å²) in [5.41, 5.74) is 2.35. The monoisotopic (exact) mass is 412 g/mol. The largest absolute Gasteiger partial charge is 0.364 e. The Morgan fingerprint density at radius 3 is 2.79 bits per heavy atom. The highest BCUT2D eigenvalue weighted by molar-refractivity contribution is 6.29. The van der Waals surface area contributed by atoms with Crippen LogP contribution in [-0.2, 0) is 6.54 Å². The summed E-state index contributed by atoms with van der Waals surface area (Å²) >= 11 is 6.20. The van der Waals surface area contributed by atoms with E-state index in [1.54, 1.807) is 22.8 Å². The molecule has 4 heterocycles. The molecular formula is C18H17ClN8O2. The summed E-state index contributed by atoms with van der Waals surface area (Å²) in [5, 5.41) is 22.9. The van der Waals surface area contributed by atoms with E-state index in [-0.39, 0.29) is 11.6 Å². The average Bonchev–Trinajstić information content (AvgIpc) is 3.33. The predicted molar refractivity (Wildman–Crippen MR) is 107 cm³/mol. The summed E-state index contributed by atoms with van der Waals surface area (Å²) in [5.74, 6) is 1.44. The first-order valence-corrected chi connectivity index (χ1v) is 9.23. The maximum absolute atomic E-state index is 10.8. The van der Waals surface area contributed by atoms with Crippen molar-refractivity contribution in [1.82, 2.24) is 29.4 Å². The van der Waals surface area contributed by atoms with Crippen molar-refractivity contribution >= 4 is 28.8 Å². The maximum Gasteiger partial charge on any atom is 0.307 e. The van der Waals surface area contributed by atoms with Crippen LogP contribution in [0.1, 0.15) is 31.0 Å². The number of halogens is 1.